The number of thiophene rings is 1. The lowest BCUT2D eigenvalue weighted by molar-refractivity contribution is 0.413. The van der Waals surface area contributed by atoms with Gasteiger partial charge in [-0.15, -0.1) is 11.3 Å². The highest BCUT2D eigenvalue weighted by Gasteiger charge is 2.09. The maximum Gasteiger partial charge on any atom is 0.134 e. The minimum atomic E-state index is 0.824. The van der Waals surface area contributed by atoms with E-state index in [1.807, 2.05) is 11.4 Å². The Hall–Kier alpha value is -0.490. The molecule has 2 rings (SSSR count). The third-order valence-corrected chi connectivity index (χ3v) is 3.98. The van der Waals surface area contributed by atoms with E-state index in [2.05, 4.69) is 28.7 Å². The summed E-state index contributed by atoms with van der Waals surface area (Å²) in [6, 6.07) is 4.07. The minimum Gasteiger partial charge on any atom is -0.496 e. The normalized spacial score (nSPS) is 10.6. The summed E-state index contributed by atoms with van der Waals surface area (Å²) < 4.78 is 7.36. The number of methoxy groups -OCH3 is 1. The standard InChI is InChI=1S/C9H8INOS/c1-12-6-4-5-2-3-13-9(5)8(11)7(6)10/h2-4H,11H2,1H3. The fourth-order valence-electron chi connectivity index (χ4n) is 1.24. The van der Waals surface area contributed by atoms with E-state index >= 15 is 0 Å². The van der Waals surface area contributed by atoms with Crippen LogP contribution in [0.25, 0.3) is 10.1 Å². The van der Waals surface area contributed by atoms with Crippen LogP contribution in [0.1, 0.15) is 0 Å². The van der Waals surface area contributed by atoms with Crippen molar-refractivity contribution in [1.29, 1.82) is 0 Å². The van der Waals surface area contributed by atoms with Gasteiger partial charge in [0.2, 0.25) is 0 Å². The van der Waals surface area contributed by atoms with Crippen molar-refractivity contribution in [2.45, 2.75) is 0 Å². The van der Waals surface area contributed by atoms with Gasteiger partial charge in [0, 0.05) is 0 Å². The first-order chi connectivity index (χ1) is 6.24. The summed E-state index contributed by atoms with van der Waals surface area (Å²) in [4.78, 5) is 0. The second-order valence-electron chi connectivity index (χ2n) is 2.65. The van der Waals surface area contributed by atoms with Crippen molar-refractivity contribution in [1.82, 2.24) is 0 Å². The number of hydrogen-bond acceptors (Lipinski definition) is 3. The van der Waals surface area contributed by atoms with Crippen LogP contribution in [-0.2, 0) is 0 Å². The predicted molar refractivity (Wildman–Crippen MR) is 65.5 cm³/mol. The Balaban J connectivity index is 2.83. The SMILES string of the molecule is COc1cc2ccsc2c(N)c1I. The molecule has 1 heterocycles. The van der Waals surface area contributed by atoms with E-state index in [1.54, 1.807) is 18.4 Å². The van der Waals surface area contributed by atoms with Gasteiger partial charge in [-0.2, -0.15) is 0 Å². The van der Waals surface area contributed by atoms with Crippen LogP contribution >= 0.6 is 33.9 Å². The number of benzene rings is 1. The Labute approximate surface area is 93.8 Å². The zero-order chi connectivity index (χ0) is 9.42. The topological polar surface area (TPSA) is 35.2 Å². The lowest BCUT2D eigenvalue weighted by atomic mass is 10.2. The van der Waals surface area contributed by atoms with Crippen molar-refractivity contribution in [2.24, 2.45) is 0 Å². The molecule has 0 aliphatic carbocycles. The molecule has 2 nitrogen and oxygen atoms in total. The highest BCUT2D eigenvalue weighted by atomic mass is 127. The predicted octanol–water partition coefficient (Wildman–Crippen LogP) is 3.10. The summed E-state index contributed by atoms with van der Waals surface area (Å²) in [5, 5.41) is 3.19. The molecule has 0 fully saturated rings. The third-order valence-electron chi connectivity index (χ3n) is 1.90. The van der Waals surface area contributed by atoms with Crippen molar-refractivity contribution < 1.29 is 4.74 Å². The molecule has 0 saturated heterocycles. The van der Waals surface area contributed by atoms with Crippen molar-refractivity contribution >= 4 is 49.7 Å². The minimum absolute atomic E-state index is 0.824. The summed E-state index contributed by atoms with van der Waals surface area (Å²) in [5.74, 6) is 0.851. The Kier molecular flexibility index (Phi) is 2.33. The highest BCUT2D eigenvalue weighted by molar-refractivity contribution is 14.1. The first kappa shape index (κ1) is 9.08. The van der Waals surface area contributed by atoms with Crippen LogP contribution in [0.15, 0.2) is 17.5 Å². The molecule has 1 aromatic carbocycles. The van der Waals surface area contributed by atoms with Crippen LogP contribution < -0.4 is 10.5 Å². The second-order valence-corrected chi connectivity index (χ2v) is 4.64. The molecule has 0 unspecified atom stereocenters. The smallest absolute Gasteiger partial charge is 0.134 e. The number of hydrogen-bond donors (Lipinski definition) is 1. The van der Waals surface area contributed by atoms with Crippen LogP contribution in [0.2, 0.25) is 0 Å². The molecule has 0 aliphatic heterocycles. The molecule has 4 heteroatoms. The van der Waals surface area contributed by atoms with E-state index in [-0.39, 0.29) is 0 Å². The van der Waals surface area contributed by atoms with Gasteiger partial charge in [-0.3, -0.25) is 0 Å². The van der Waals surface area contributed by atoms with Crippen LogP contribution in [0.3, 0.4) is 0 Å². The van der Waals surface area contributed by atoms with E-state index < -0.39 is 0 Å². The summed E-state index contributed by atoms with van der Waals surface area (Å²) in [6.07, 6.45) is 0. The number of ether oxygens (including phenoxy) is 1. The van der Waals surface area contributed by atoms with Gasteiger partial charge >= 0.3 is 0 Å². The van der Waals surface area contributed by atoms with E-state index in [4.69, 9.17) is 10.5 Å². The third kappa shape index (κ3) is 1.38. The maximum absolute atomic E-state index is 5.96. The molecule has 0 spiro atoms. The molecule has 2 N–H and O–H groups in total. The van der Waals surface area contributed by atoms with E-state index in [1.165, 1.54) is 0 Å². The lowest BCUT2D eigenvalue weighted by Gasteiger charge is -2.06. The Morgan fingerprint density at radius 1 is 1.54 bits per heavy atom. The number of rotatable bonds is 1. The fraction of sp³-hybridized carbons (Fsp3) is 0.111. The zero-order valence-electron chi connectivity index (χ0n) is 7.00. The first-order valence-corrected chi connectivity index (χ1v) is 5.69. The quantitative estimate of drug-likeness (QED) is 0.649. The summed E-state index contributed by atoms with van der Waals surface area (Å²) in [6.45, 7) is 0. The number of fused-ring (bicyclic) bond motifs is 1. The molecule has 0 aliphatic rings. The Bertz CT molecular complexity index is 452. The molecule has 0 saturated carbocycles. The summed E-state index contributed by atoms with van der Waals surface area (Å²) in [5.41, 5.74) is 6.79. The van der Waals surface area contributed by atoms with Crippen LogP contribution in [0.5, 0.6) is 5.75 Å². The highest BCUT2D eigenvalue weighted by Crippen LogP contribution is 2.36. The van der Waals surface area contributed by atoms with Gasteiger partial charge in [0.05, 0.1) is 21.1 Å². The average molecular weight is 305 g/mol. The molecule has 2 aromatic rings. The summed E-state index contributed by atoms with van der Waals surface area (Å²) in [7, 11) is 1.66. The number of nitrogen functional groups attached to an aromatic ring is 1. The van der Waals surface area contributed by atoms with Crippen LogP contribution in [-0.4, -0.2) is 7.11 Å². The van der Waals surface area contributed by atoms with Gasteiger partial charge in [0.25, 0.3) is 0 Å². The number of halogens is 1. The number of anilines is 1. The van der Waals surface area contributed by atoms with Crippen molar-refractivity contribution in [2.75, 3.05) is 12.8 Å². The van der Waals surface area contributed by atoms with Gasteiger partial charge in [-0.1, -0.05) is 0 Å². The molecule has 68 valence electrons. The van der Waals surface area contributed by atoms with Crippen LogP contribution in [0, 0.1) is 3.57 Å². The van der Waals surface area contributed by atoms with Gasteiger partial charge in [0.15, 0.2) is 0 Å². The molecule has 1 aromatic heterocycles. The van der Waals surface area contributed by atoms with Crippen molar-refractivity contribution in [3.05, 3.63) is 21.1 Å². The fourth-order valence-corrected chi connectivity index (χ4v) is 2.91. The van der Waals surface area contributed by atoms with Gasteiger partial charge in [-0.05, 0) is 45.5 Å². The van der Waals surface area contributed by atoms with E-state index in [0.29, 0.717) is 0 Å². The lowest BCUT2D eigenvalue weighted by Crippen LogP contribution is -1.93. The van der Waals surface area contributed by atoms with Gasteiger partial charge < -0.3 is 10.5 Å². The Morgan fingerprint density at radius 3 is 3.00 bits per heavy atom. The molecule has 13 heavy (non-hydrogen) atoms. The largest absolute Gasteiger partial charge is 0.496 e. The van der Waals surface area contributed by atoms with Gasteiger partial charge in [0.1, 0.15) is 5.75 Å². The van der Waals surface area contributed by atoms with E-state index in [0.717, 1.165) is 25.1 Å². The molecule has 0 atom stereocenters. The van der Waals surface area contributed by atoms with Crippen molar-refractivity contribution in [3.8, 4) is 5.75 Å². The molecular weight excluding hydrogens is 297 g/mol. The van der Waals surface area contributed by atoms with Gasteiger partial charge in [-0.25, -0.2) is 0 Å². The second kappa shape index (κ2) is 3.34. The molecule has 0 amide bonds. The molecule has 0 radical (unpaired) electrons. The average Bonchev–Trinajstić information content (AvgIpc) is 2.59. The zero-order valence-corrected chi connectivity index (χ0v) is 9.98. The Morgan fingerprint density at radius 2 is 2.31 bits per heavy atom. The molecular formula is C9H8INOS. The monoisotopic (exact) mass is 305 g/mol. The maximum atomic E-state index is 5.96. The molecule has 0 bridgehead atoms. The van der Waals surface area contributed by atoms with Crippen LogP contribution in [0.4, 0.5) is 5.69 Å². The van der Waals surface area contributed by atoms with E-state index in [9.17, 15) is 0 Å². The van der Waals surface area contributed by atoms with Crippen molar-refractivity contribution in [3.63, 3.8) is 0 Å². The number of nitrogens with two attached hydrogens (primary N) is 1. The summed E-state index contributed by atoms with van der Waals surface area (Å²) >= 11 is 3.87. The first-order valence-electron chi connectivity index (χ1n) is 3.73.